The van der Waals surface area contributed by atoms with Crippen molar-refractivity contribution in [3.63, 3.8) is 0 Å². The molecule has 1 aliphatic carbocycles. The predicted molar refractivity (Wildman–Crippen MR) is 49.5 cm³/mol. The molecule has 0 fully saturated rings. The highest BCUT2D eigenvalue weighted by Gasteiger charge is 1.99. The van der Waals surface area contributed by atoms with Crippen LogP contribution in [0.15, 0.2) is 11.8 Å². The highest BCUT2D eigenvalue weighted by atomic mass is 14.9. The van der Waals surface area contributed by atoms with E-state index in [0.717, 1.165) is 6.54 Å². The number of allylic oxidation sites excluding steroid dienone is 2. The van der Waals surface area contributed by atoms with Crippen molar-refractivity contribution in [2.45, 2.75) is 45.4 Å². The molecule has 1 aliphatic rings. The van der Waals surface area contributed by atoms with Crippen molar-refractivity contribution in [2.24, 2.45) is 0 Å². The lowest BCUT2D eigenvalue weighted by Crippen LogP contribution is -2.12. The first kappa shape index (κ1) is 8.63. The Morgan fingerprint density at radius 2 is 2.09 bits per heavy atom. The molecule has 0 saturated carbocycles. The van der Waals surface area contributed by atoms with Gasteiger partial charge in [-0.2, -0.15) is 0 Å². The zero-order valence-corrected chi connectivity index (χ0v) is 7.53. The molecule has 0 spiro atoms. The Bertz CT molecular complexity index is 127. The second-order valence-corrected chi connectivity index (χ2v) is 3.21. The maximum absolute atomic E-state index is 3.41. The minimum absolute atomic E-state index is 1.08. The Morgan fingerprint density at radius 3 is 2.91 bits per heavy atom. The van der Waals surface area contributed by atoms with Crippen LogP contribution in [0.4, 0.5) is 0 Å². The summed E-state index contributed by atoms with van der Waals surface area (Å²) in [5.41, 5.74) is 1.48. The van der Waals surface area contributed by atoms with E-state index in [0.29, 0.717) is 0 Å². The molecule has 0 aromatic carbocycles. The lowest BCUT2D eigenvalue weighted by atomic mass is 10.0. The molecule has 1 rings (SSSR count). The highest BCUT2D eigenvalue weighted by Crippen LogP contribution is 2.14. The highest BCUT2D eigenvalue weighted by molar-refractivity contribution is 4.99. The average molecular weight is 153 g/mol. The molecule has 11 heavy (non-hydrogen) atoms. The molecule has 0 saturated heterocycles. The minimum atomic E-state index is 1.08. The summed E-state index contributed by atoms with van der Waals surface area (Å²) in [6, 6.07) is 0. The van der Waals surface area contributed by atoms with E-state index in [1.807, 2.05) is 0 Å². The van der Waals surface area contributed by atoms with Crippen LogP contribution >= 0.6 is 0 Å². The second kappa shape index (κ2) is 5.22. The smallest absolute Gasteiger partial charge is 0.0115 e. The Morgan fingerprint density at radius 1 is 1.27 bits per heavy atom. The van der Waals surface area contributed by atoms with Crippen molar-refractivity contribution in [3.05, 3.63) is 11.8 Å². The van der Waals surface area contributed by atoms with Crippen LogP contribution in [-0.4, -0.2) is 6.54 Å². The molecule has 0 aliphatic heterocycles. The van der Waals surface area contributed by atoms with E-state index < -0.39 is 0 Å². The first-order valence-electron chi connectivity index (χ1n) is 4.86. The van der Waals surface area contributed by atoms with Gasteiger partial charge >= 0.3 is 0 Å². The maximum Gasteiger partial charge on any atom is 0.0115 e. The standard InChI is InChI=1S/C10H19N/c1-2-11-10-8-6-4-3-5-7-9-10/h8,11H,2-7,9H2,1H3. The van der Waals surface area contributed by atoms with E-state index in [9.17, 15) is 0 Å². The molecule has 1 N–H and O–H groups in total. The maximum atomic E-state index is 3.41. The number of hydrogen-bond acceptors (Lipinski definition) is 1. The van der Waals surface area contributed by atoms with Gasteiger partial charge in [-0.15, -0.1) is 0 Å². The van der Waals surface area contributed by atoms with Crippen LogP contribution in [0.25, 0.3) is 0 Å². The summed E-state index contributed by atoms with van der Waals surface area (Å²) in [5, 5.41) is 3.41. The van der Waals surface area contributed by atoms with E-state index in [1.165, 1.54) is 44.2 Å². The zero-order valence-electron chi connectivity index (χ0n) is 7.53. The SMILES string of the molecule is CCNC1=CCCCCCC1. The van der Waals surface area contributed by atoms with Crippen molar-refractivity contribution in [1.29, 1.82) is 0 Å². The number of nitrogens with one attached hydrogen (secondary N) is 1. The fraction of sp³-hybridized carbons (Fsp3) is 0.800. The minimum Gasteiger partial charge on any atom is -0.389 e. The molecule has 1 nitrogen and oxygen atoms in total. The topological polar surface area (TPSA) is 12.0 Å². The largest absolute Gasteiger partial charge is 0.389 e. The summed E-state index contributed by atoms with van der Waals surface area (Å²) in [5.74, 6) is 0. The van der Waals surface area contributed by atoms with Gasteiger partial charge in [-0.05, 0) is 32.6 Å². The summed E-state index contributed by atoms with van der Waals surface area (Å²) in [6.07, 6.45) is 10.5. The molecule has 0 aromatic rings. The first-order valence-corrected chi connectivity index (χ1v) is 4.86. The van der Waals surface area contributed by atoms with Gasteiger partial charge in [-0.25, -0.2) is 0 Å². The molecule has 0 radical (unpaired) electrons. The van der Waals surface area contributed by atoms with Crippen molar-refractivity contribution in [2.75, 3.05) is 6.54 Å². The van der Waals surface area contributed by atoms with E-state index in [1.54, 1.807) is 0 Å². The normalized spacial score (nSPS) is 19.9. The molecule has 64 valence electrons. The summed E-state index contributed by atoms with van der Waals surface area (Å²) >= 11 is 0. The molecule has 0 heterocycles. The van der Waals surface area contributed by atoms with Gasteiger partial charge in [0.2, 0.25) is 0 Å². The number of hydrogen-bond donors (Lipinski definition) is 1. The summed E-state index contributed by atoms with van der Waals surface area (Å²) in [6.45, 7) is 3.24. The van der Waals surface area contributed by atoms with Crippen LogP contribution in [0.3, 0.4) is 0 Å². The monoisotopic (exact) mass is 153 g/mol. The van der Waals surface area contributed by atoms with Gasteiger partial charge in [0.05, 0.1) is 0 Å². The third kappa shape index (κ3) is 3.45. The summed E-state index contributed by atoms with van der Waals surface area (Å²) in [7, 11) is 0. The lowest BCUT2D eigenvalue weighted by molar-refractivity contribution is 0.602. The number of rotatable bonds is 2. The van der Waals surface area contributed by atoms with Gasteiger partial charge in [0.15, 0.2) is 0 Å². The Kier molecular flexibility index (Phi) is 4.10. The molecule has 0 amide bonds. The van der Waals surface area contributed by atoms with Gasteiger partial charge in [0.25, 0.3) is 0 Å². The Labute approximate surface area is 69.9 Å². The van der Waals surface area contributed by atoms with Crippen LogP contribution in [0.2, 0.25) is 0 Å². The lowest BCUT2D eigenvalue weighted by Gasteiger charge is -2.11. The van der Waals surface area contributed by atoms with Gasteiger partial charge in [-0.3, -0.25) is 0 Å². The second-order valence-electron chi connectivity index (χ2n) is 3.21. The van der Waals surface area contributed by atoms with Crippen molar-refractivity contribution in [3.8, 4) is 0 Å². The summed E-state index contributed by atoms with van der Waals surface area (Å²) in [4.78, 5) is 0. The summed E-state index contributed by atoms with van der Waals surface area (Å²) < 4.78 is 0. The third-order valence-electron chi connectivity index (χ3n) is 2.19. The third-order valence-corrected chi connectivity index (χ3v) is 2.19. The van der Waals surface area contributed by atoms with E-state index in [2.05, 4.69) is 18.3 Å². The van der Waals surface area contributed by atoms with E-state index >= 15 is 0 Å². The van der Waals surface area contributed by atoms with Gasteiger partial charge in [0, 0.05) is 12.2 Å². The first-order chi connectivity index (χ1) is 5.43. The van der Waals surface area contributed by atoms with Crippen LogP contribution in [0.5, 0.6) is 0 Å². The van der Waals surface area contributed by atoms with Crippen molar-refractivity contribution in [1.82, 2.24) is 5.32 Å². The molecule has 0 atom stereocenters. The molecule has 0 unspecified atom stereocenters. The van der Waals surface area contributed by atoms with Crippen molar-refractivity contribution >= 4 is 0 Å². The van der Waals surface area contributed by atoms with Crippen LogP contribution in [0, 0.1) is 0 Å². The van der Waals surface area contributed by atoms with Gasteiger partial charge < -0.3 is 5.32 Å². The fourth-order valence-corrected chi connectivity index (χ4v) is 1.58. The molecule has 0 aromatic heterocycles. The molecular weight excluding hydrogens is 134 g/mol. The van der Waals surface area contributed by atoms with E-state index in [-0.39, 0.29) is 0 Å². The quantitative estimate of drug-likeness (QED) is 0.643. The molecular formula is C10H19N. The van der Waals surface area contributed by atoms with Crippen LogP contribution in [-0.2, 0) is 0 Å². The molecule has 0 bridgehead atoms. The molecule has 1 heteroatoms. The van der Waals surface area contributed by atoms with E-state index in [4.69, 9.17) is 0 Å². The van der Waals surface area contributed by atoms with Crippen LogP contribution in [0.1, 0.15) is 45.4 Å². The van der Waals surface area contributed by atoms with Crippen LogP contribution < -0.4 is 5.32 Å². The average Bonchev–Trinajstić information content (AvgIpc) is 1.94. The van der Waals surface area contributed by atoms with Gasteiger partial charge in [-0.1, -0.05) is 18.9 Å². The Hall–Kier alpha value is -0.460. The van der Waals surface area contributed by atoms with Crippen molar-refractivity contribution < 1.29 is 0 Å². The fourth-order valence-electron chi connectivity index (χ4n) is 1.58. The zero-order chi connectivity index (χ0) is 7.94. The predicted octanol–water partition coefficient (Wildman–Crippen LogP) is 2.83. The van der Waals surface area contributed by atoms with Gasteiger partial charge in [0.1, 0.15) is 0 Å². The Balaban J connectivity index is 2.32.